The SMILES string of the molecule is O=C(O)/C=C/c1cccc(OCC(O)c2cccc(NC3=NCCN3)c2)c1. The maximum Gasteiger partial charge on any atom is 0.328 e. The standard InChI is InChI=1S/C20H21N3O4/c24-18(13-27-17-6-1-3-14(11-17)7-8-19(25)26)15-4-2-5-16(12-15)23-20-21-9-10-22-20/h1-8,11-12,18,24H,9-10,13H2,(H,25,26)(H2,21,22,23)/b8-7+. The van der Waals surface area contributed by atoms with Crippen molar-refractivity contribution in [2.75, 3.05) is 25.0 Å². The Morgan fingerprint density at radius 3 is 2.93 bits per heavy atom. The maximum absolute atomic E-state index is 10.6. The molecule has 0 bridgehead atoms. The Morgan fingerprint density at radius 1 is 1.30 bits per heavy atom. The Kier molecular flexibility index (Phi) is 6.06. The van der Waals surface area contributed by atoms with Crippen molar-refractivity contribution < 1.29 is 19.7 Å². The fourth-order valence-corrected chi connectivity index (χ4v) is 2.59. The van der Waals surface area contributed by atoms with Crippen LogP contribution in [0.25, 0.3) is 6.08 Å². The van der Waals surface area contributed by atoms with E-state index in [4.69, 9.17) is 9.84 Å². The number of carboxylic acid groups (broad SMARTS) is 1. The van der Waals surface area contributed by atoms with Crippen LogP contribution in [0.4, 0.5) is 5.69 Å². The quantitative estimate of drug-likeness (QED) is 0.560. The third kappa shape index (κ3) is 5.58. The van der Waals surface area contributed by atoms with Crippen LogP contribution in [0.2, 0.25) is 0 Å². The second-order valence-electron chi connectivity index (χ2n) is 5.98. The van der Waals surface area contributed by atoms with E-state index in [0.717, 1.165) is 36.4 Å². The monoisotopic (exact) mass is 367 g/mol. The number of anilines is 1. The molecule has 1 atom stereocenters. The van der Waals surface area contributed by atoms with Crippen LogP contribution >= 0.6 is 0 Å². The minimum atomic E-state index is -1.01. The summed E-state index contributed by atoms with van der Waals surface area (Å²) in [4.78, 5) is 14.9. The van der Waals surface area contributed by atoms with Crippen LogP contribution < -0.4 is 15.4 Å². The van der Waals surface area contributed by atoms with Gasteiger partial charge in [0.05, 0.1) is 6.54 Å². The van der Waals surface area contributed by atoms with E-state index in [-0.39, 0.29) is 6.61 Å². The number of nitrogens with one attached hydrogen (secondary N) is 2. The van der Waals surface area contributed by atoms with Gasteiger partial charge in [-0.25, -0.2) is 4.79 Å². The van der Waals surface area contributed by atoms with Gasteiger partial charge in [0.1, 0.15) is 18.5 Å². The van der Waals surface area contributed by atoms with Gasteiger partial charge in [-0.05, 0) is 41.5 Å². The van der Waals surface area contributed by atoms with Gasteiger partial charge in [-0.2, -0.15) is 0 Å². The molecule has 0 amide bonds. The van der Waals surface area contributed by atoms with E-state index in [1.54, 1.807) is 24.3 Å². The molecular weight excluding hydrogens is 346 g/mol. The molecule has 0 saturated carbocycles. The molecule has 1 aliphatic rings. The van der Waals surface area contributed by atoms with E-state index in [0.29, 0.717) is 11.3 Å². The van der Waals surface area contributed by atoms with Crippen molar-refractivity contribution in [2.45, 2.75) is 6.10 Å². The average molecular weight is 367 g/mol. The highest BCUT2D eigenvalue weighted by Crippen LogP contribution is 2.21. The average Bonchev–Trinajstić information content (AvgIpc) is 3.18. The molecule has 1 heterocycles. The molecule has 27 heavy (non-hydrogen) atoms. The first-order valence-electron chi connectivity index (χ1n) is 8.57. The van der Waals surface area contributed by atoms with Gasteiger partial charge in [-0.15, -0.1) is 0 Å². The van der Waals surface area contributed by atoms with Gasteiger partial charge in [0, 0.05) is 18.3 Å². The first-order valence-corrected chi connectivity index (χ1v) is 8.57. The summed E-state index contributed by atoms with van der Waals surface area (Å²) >= 11 is 0. The lowest BCUT2D eigenvalue weighted by Crippen LogP contribution is -2.26. The summed E-state index contributed by atoms with van der Waals surface area (Å²) in [5.41, 5.74) is 2.27. The number of aliphatic imine (C=N–C) groups is 1. The lowest BCUT2D eigenvalue weighted by atomic mass is 10.1. The molecule has 4 N–H and O–H groups in total. The molecule has 0 radical (unpaired) electrons. The number of nitrogens with zero attached hydrogens (tertiary/aromatic N) is 1. The highest BCUT2D eigenvalue weighted by atomic mass is 16.5. The van der Waals surface area contributed by atoms with E-state index in [9.17, 15) is 9.90 Å². The highest BCUT2D eigenvalue weighted by Gasteiger charge is 2.11. The van der Waals surface area contributed by atoms with Crippen molar-refractivity contribution in [1.82, 2.24) is 5.32 Å². The molecule has 0 fully saturated rings. The number of carbonyl (C=O) groups is 1. The summed E-state index contributed by atoms with van der Waals surface area (Å²) < 4.78 is 5.66. The summed E-state index contributed by atoms with van der Waals surface area (Å²) in [6.07, 6.45) is 1.75. The minimum Gasteiger partial charge on any atom is -0.491 e. The first-order chi connectivity index (χ1) is 13.1. The Labute approximate surface area is 157 Å². The number of hydrogen-bond donors (Lipinski definition) is 4. The Hall–Kier alpha value is -3.32. The summed E-state index contributed by atoms with van der Waals surface area (Å²) in [5, 5.41) is 25.4. The van der Waals surface area contributed by atoms with Crippen molar-refractivity contribution in [1.29, 1.82) is 0 Å². The van der Waals surface area contributed by atoms with Crippen molar-refractivity contribution in [3.05, 3.63) is 65.7 Å². The molecule has 0 spiro atoms. The molecule has 0 aliphatic carbocycles. The predicted octanol–water partition coefficient (Wildman–Crippen LogP) is 2.27. The van der Waals surface area contributed by atoms with Gasteiger partial charge < -0.3 is 25.6 Å². The molecule has 140 valence electrons. The van der Waals surface area contributed by atoms with E-state index < -0.39 is 12.1 Å². The van der Waals surface area contributed by atoms with Gasteiger partial charge >= 0.3 is 5.97 Å². The zero-order valence-corrected chi connectivity index (χ0v) is 14.6. The summed E-state index contributed by atoms with van der Waals surface area (Å²) in [5.74, 6) is 0.272. The van der Waals surface area contributed by atoms with Crippen LogP contribution in [-0.4, -0.2) is 41.8 Å². The number of ether oxygens (including phenoxy) is 1. The number of rotatable bonds is 7. The van der Waals surface area contributed by atoms with Gasteiger partial charge in [-0.3, -0.25) is 4.99 Å². The normalized spacial score (nSPS) is 14.5. The van der Waals surface area contributed by atoms with Gasteiger partial charge in [0.15, 0.2) is 5.96 Å². The Balaban J connectivity index is 1.60. The highest BCUT2D eigenvalue weighted by molar-refractivity contribution is 5.94. The number of aliphatic hydroxyl groups is 1. The molecule has 2 aromatic carbocycles. The lowest BCUT2D eigenvalue weighted by Gasteiger charge is -2.15. The minimum absolute atomic E-state index is 0.0781. The van der Waals surface area contributed by atoms with E-state index in [2.05, 4.69) is 15.6 Å². The van der Waals surface area contributed by atoms with E-state index in [1.165, 1.54) is 6.08 Å². The molecule has 7 nitrogen and oxygen atoms in total. The molecule has 0 saturated heterocycles. The topological polar surface area (TPSA) is 103 Å². The number of carboxylic acids is 1. The van der Waals surface area contributed by atoms with Crippen molar-refractivity contribution >= 4 is 23.7 Å². The number of aliphatic carboxylic acids is 1. The smallest absolute Gasteiger partial charge is 0.328 e. The Bertz CT molecular complexity index is 864. The number of benzene rings is 2. The van der Waals surface area contributed by atoms with Crippen LogP contribution in [-0.2, 0) is 4.79 Å². The zero-order chi connectivity index (χ0) is 19.1. The summed E-state index contributed by atoms with van der Waals surface area (Å²) in [6.45, 7) is 1.65. The van der Waals surface area contributed by atoms with Crippen LogP contribution in [0.3, 0.4) is 0 Å². The number of hydrogen-bond acceptors (Lipinski definition) is 6. The van der Waals surface area contributed by atoms with Crippen LogP contribution in [0.1, 0.15) is 17.2 Å². The third-order valence-corrected chi connectivity index (χ3v) is 3.89. The fourth-order valence-electron chi connectivity index (χ4n) is 2.59. The van der Waals surface area contributed by atoms with Crippen molar-refractivity contribution in [2.24, 2.45) is 4.99 Å². The number of aliphatic hydroxyl groups excluding tert-OH is 1. The summed E-state index contributed by atoms with van der Waals surface area (Å²) in [6, 6.07) is 14.4. The third-order valence-electron chi connectivity index (χ3n) is 3.89. The summed E-state index contributed by atoms with van der Waals surface area (Å²) in [7, 11) is 0. The molecule has 7 heteroatoms. The predicted molar refractivity (Wildman–Crippen MR) is 104 cm³/mol. The van der Waals surface area contributed by atoms with Crippen LogP contribution in [0.5, 0.6) is 5.75 Å². The van der Waals surface area contributed by atoms with Crippen molar-refractivity contribution in [3.8, 4) is 5.75 Å². The van der Waals surface area contributed by atoms with Crippen molar-refractivity contribution in [3.63, 3.8) is 0 Å². The molecule has 1 aliphatic heterocycles. The maximum atomic E-state index is 10.6. The van der Waals surface area contributed by atoms with Gasteiger partial charge in [-0.1, -0.05) is 24.3 Å². The second kappa shape index (κ2) is 8.86. The molecule has 2 aromatic rings. The molecular formula is C20H21N3O4. The van der Waals surface area contributed by atoms with Gasteiger partial charge in [0.2, 0.25) is 0 Å². The molecule has 0 aromatic heterocycles. The number of guanidine groups is 1. The van der Waals surface area contributed by atoms with E-state index >= 15 is 0 Å². The molecule has 1 unspecified atom stereocenters. The Morgan fingerprint density at radius 2 is 2.15 bits per heavy atom. The van der Waals surface area contributed by atoms with Gasteiger partial charge in [0.25, 0.3) is 0 Å². The first kappa shape index (κ1) is 18.5. The zero-order valence-electron chi connectivity index (χ0n) is 14.6. The van der Waals surface area contributed by atoms with Crippen LogP contribution in [0.15, 0.2) is 59.6 Å². The van der Waals surface area contributed by atoms with E-state index in [1.807, 2.05) is 24.3 Å². The lowest BCUT2D eigenvalue weighted by molar-refractivity contribution is -0.131. The largest absolute Gasteiger partial charge is 0.491 e. The fraction of sp³-hybridized carbons (Fsp3) is 0.200. The molecule has 3 rings (SSSR count). The van der Waals surface area contributed by atoms with Crippen LogP contribution in [0, 0.1) is 0 Å². The second-order valence-corrected chi connectivity index (χ2v) is 5.98.